The maximum absolute atomic E-state index is 12.6. The second-order valence-electron chi connectivity index (χ2n) is 28.1. The molecule has 2 atom stereocenters. The van der Waals surface area contributed by atoms with Crippen LogP contribution in [0.2, 0.25) is 0 Å². The van der Waals surface area contributed by atoms with Crippen LogP contribution < -0.4 is 5.32 Å². The van der Waals surface area contributed by atoms with Crippen LogP contribution in [0.5, 0.6) is 0 Å². The number of aliphatic hydroxyl groups is 2. The summed E-state index contributed by atoms with van der Waals surface area (Å²) in [5.74, 6) is -0.0584. The van der Waals surface area contributed by atoms with Crippen LogP contribution >= 0.6 is 0 Å². The smallest absolute Gasteiger partial charge is 0.305 e. The molecule has 0 aliphatic rings. The number of hydrogen-bond donors (Lipinski definition) is 3. The van der Waals surface area contributed by atoms with E-state index in [9.17, 15) is 19.8 Å². The summed E-state index contributed by atoms with van der Waals surface area (Å²) in [6, 6.07) is -0.629. The molecule has 6 nitrogen and oxygen atoms in total. The number of amides is 1. The average Bonchev–Trinajstić information content (AvgIpc) is 3.75. The first-order valence-corrected chi connectivity index (χ1v) is 41.1. The molecule has 0 rings (SSSR count). The lowest BCUT2D eigenvalue weighted by Gasteiger charge is -2.20. The molecule has 0 aromatic rings. The fraction of sp³-hybridized carbons (Fsp3) is 0.859. The summed E-state index contributed by atoms with van der Waals surface area (Å²) >= 11 is 0. The van der Waals surface area contributed by atoms with Gasteiger partial charge >= 0.3 is 5.97 Å². The predicted molar refractivity (Wildman–Crippen MR) is 402 cm³/mol. The van der Waals surface area contributed by atoms with E-state index in [4.69, 9.17) is 4.74 Å². The molecule has 0 heterocycles. The molecule has 1 amide bonds. The van der Waals surface area contributed by atoms with Crippen LogP contribution in [-0.4, -0.2) is 47.4 Å². The highest BCUT2D eigenvalue weighted by atomic mass is 16.5. The Morgan fingerprint density at radius 2 is 0.549 bits per heavy atom. The van der Waals surface area contributed by atoms with E-state index in [0.29, 0.717) is 19.4 Å². The van der Waals surface area contributed by atoms with Gasteiger partial charge < -0.3 is 20.3 Å². The normalized spacial score (nSPS) is 12.8. The number of nitrogens with one attached hydrogen (secondary N) is 1. The van der Waals surface area contributed by atoms with Gasteiger partial charge in [-0.15, -0.1) is 0 Å². The highest BCUT2D eigenvalue weighted by molar-refractivity contribution is 5.76. The van der Waals surface area contributed by atoms with Gasteiger partial charge in [0.2, 0.25) is 5.91 Å². The van der Waals surface area contributed by atoms with Gasteiger partial charge in [0.1, 0.15) is 0 Å². The second kappa shape index (κ2) is 80.0. The Kier molecular flexibility index (Phi) is 77.9. The average molecular weight is 1280 g/mol. The summed E-state index contributed by atoms with van der Waals surface area (Å²) in [5.41, 5.74) is 0. The first-order chi connectivity index (χ1) is 45.0. The molecule has 0 saturated heterocycles. The molecule has 0 aromatic carbocycles. The molecule has 6 heteroatoms. The molecule has 0 saturated carbocycles. The lowest BCUT2D eigenvalue weighted by atomic mass is 10.0. The van der Waals surface area contributed by atoms with Crippen molar-refractivity contribution < 1.29 is 24.5 Å². The topological polar surface area (TPSA) is 95.9 Å². The van der Waals surface area contributed by atoms with Gasteiger partial charge in [0.15, 0.2) is 0 Å². The van der Waals surface area contributed by atoms with E-state index in [1.54, 1.807) is 6.08 Å². The third-order valence-electron chi connectivity index (χ3n) is 19.0. The first kappa shape index (κ1) is 88.6. The fourth-order valence-corrected chi connectivity index (χ4v) is 12.8. The van der Waals surface area contributed by atoms with Gasteiger partial charge in [-0.25, -0.2) is 0 Å². The summed E-state index contributed by atoms with van der Waals surface area (Å²) in [7, 11) is 0. The van der Waals surface area contributed by atoms with E-state index in [-0.39, 0.29) is 18.5 Å². The number of unbranched alkanes of at least 4 members (excludes halogenated alkanes) is 58. The third kappa shape index (κ3) is 76.5. The number of allylic oxidation sites excluding steroid dienone is 9. The van der Waals surface area contributed by atoms with Gasteiger partial charge in [-0.1, -0.05) is 396 Å². The molecule has 0 aliphatic heterocycles. The SMILES string of the molecule is CCCCC/C=C\C/C=C\CCCCCCCC(=O)OCCCCCCCCCCCCC/C=C\C/C=C\CCCCCCCCCCCCCCCCCCCC(=O)NC(CO)C(O)/C=C/CCCCCCCCCCCCCCCCCCCCCCCC. The molecular formula is C85H159NO5. The number of rotatable bonds is 77. The zero-order valence-electron chi connectivity index (χ0n) is 61.3. The van der Waals surface area contributed by atoms with Crippen LogP contribution in [0.4, 0.5) is 0 Å². The molecule has 534 valence electrons. The molecule has 0 radical (unpaired) electrons. The quantitative estimate of drug-likeness (QED) is 0.0320. The number of carbonyl (C=O) groups is 2. The summed E-state index contributed by atoms with van der Waals surface area (Å²) in [4.78, 5) is 24.6. The largest absolute Gasteiger partial charge is 0.466 e. The molecular weight excluding hydrogens is 1110 g/mol. The molecule has 3 N–H and O–H groups in total. The van der Waals surface area contributed by atoms with Gasteiger partial charge in [0.25, 0.3) is 0 Å². The molecule has 2 unspecified atom stereocenters. The Morgan fingerprint density at radius 3 is 0.857 bits per heavy atom. The van der Waals surface area contributed by atoms with Crippen molar-refractivity contribution >= 4 is 11.9 Å². The van der Waals surface area contributed by atoms with Crippen molar-refractivity contribution in [2.75, 3.05) is 13.2 Å². The fourth-order valence-electron chi connectivity index (χ4n) is 12.8. The van der Waals surface area contributed by atoms with Crippen molar-refractivity contribution in [2.45, 2.75) is 456 Å². The molecule has 0 bridgehead atoms. The van der Waals surface area contributed by atoms with E-state index >= 15 is 0 Å². The first-order valence-electron chi connectivity index (χ1n) is 41.1. The van der Waals surface area contributed by atoms with E-state index < -0.39 is 12.1 Å². The maximum Gasteiger partial charge on any atom is 0.305 e. The number of ether oxygens (including phenoxy) is 1. The number of hydrogen-bond acceptors (Lipinski definition) is 5. The summed E-state index contributed by atoms with van der Waals surface area (Å²) in [6.45, 7) is 4.91. The standard InChI is InChI=1S/C85H159NO5/c1-3-5-7-9-11-13-15-17-19-20-21-22-23-37-40-43-46-50-53-57-61-65-69-73-77-83(88)82(81-87)86-84(89)78-74-70-66-62-58-54-51-47-44-41-38-35-33-31-29-27-25-24-26-28-30-32-34-36-39-42-45-48-52-56-60-64-68-72-76-80-91-85(90)79-75-71-67-63-59-55-49-18-16-14-12-10-8-6-4-2/h12,14,18,26,28,32,34,49,73,77,82-83,87-88H,3-11,13,15-17,19-25,27,29-31,33,35-48,50-72,74-76,78-81H2,1-2H3,(H,86,89)/b14-12-,28-26-,34-32-,49-18-,77-73+. The van der Waals surface area contributed by atoms with Crippen LogP contribution in [0.1, 0.15) is 444 Å². The van der Waals surface area contributed by atoms with Crippen molar-refractivity contribution in [3.8, 4) is 0 Å². The van der Waals surface area contributed by atoms with Crippen molar-refractivity contribution in [1.29, 1.82) is 0 Å². The van der Waals surface area contributed by atoms with Crippen LogP contribution in [-0.2, 0) is 14.3 Å². The maximum atomic E-state index is 12.6. The molecule has 0 aliphatic carbocycles. The van der Waals surface area contributed by atoms with Crippen LogP contribution in [0.3, 0.4) is 0 Å². The molecule has 91 heavy (non-hydrogen) atoms. The van der Waals surface area contributed by atoms with Gasteiger partial charge in [0.05, 0.1) is 25.4 Å². The van der Waals surface area contributed by atoms with E-state index in [1.807, 2.05) is 6.08 Å². The second-order valence-corrected chi connectivity index (χ2v) is 28.1. The summed E-state index contributed by atoms with van der Waals surface area (Å²) in [6.07, 6.45) is 108. The van der Waals surface area contributed by atoms with E-state index in [0.717, 1.165) is 57.8 Å². The minimum absolute atomic E-state index is 0.00276. The summed E-state index contributed by atoms with van der Waals surface area (Å²) in [5, 5.41) is 23.3. The number of aliphatic hydroxyl groups excluding tert-OH is 2. The third-order valence-corrected chi connectivity index (χ3v) is 19.0. The Hall–Kier alpha value is -2.44. The van der Waals surface area contributed by atoms with Crippen LogP contribution in [0.25, 0.3) is 0 Å². The van der Waals surface area contributed by atoms with Gasteiger partial charge in [0, 0.05) is 12.8 Å². The zero-order valence-corrected chi connectivity index (χ0v) is 61.3. The molecule has 0 spiro atoms. The highest BCUT2D eigenvalue weighted by Crippen LogP contribution is 2.19. The minimum atomic E-state index is -0.845. The Bertz CT molecular complexity index is 1570. The van der Waals surface area contributed by atoms with E-state index in [1.165, 1.54) is 360 Å². The lowest BCUT2D eigenvalue weighted by Crippen LogP contribution is -2.45. The van der Waals surface area contributed by atoms with Crippen molar-refractivity contribution in [1.82, 2.24) is 5.32 Å². The molecule has 0 fully saturated rings. The number of esters is 1. The lowest BCUT2D eigenvalue weighted by molar-refractivity contribution is -0.143. The Morgan fingerprint density at radius 1 is 0.308 bits per heavy atom. The van der Waals surface area contributed by atoms with Gasteiger partial charge in [-0.2, -0.15) is 0 Å². The number of carbonyl (C=O) groups excluding carboxylic acids is 2. The van der Waals surface area contributed by atoms with Gasteiger partial charge in [-0.05, 0) is 96.3 Å². The van der Waals surface area contributed by atoms with Crippen molar-refractivity contribution in [3.63, 3.8) is 0 Å². The summed E-state index contributed by atoms with van der Waals surface area (Å²) < 4.78 is 5.49. The Labute approximate surface area is 569 Å². The van der Waals surface area contributed by atoms with Crippen LogP contribution in [0.15, 0.2) is 60.8 Å². The monoisotopic (exact) mass is 1270 g/mol. The van der Waals surface area contributed by atoms with Crippen LogP contribution in [0, 0.1) is 0 Å². The zero-order chi connectivity index (χ0) is 65.6. The predicted octanol–water partition coefficient (Wildman–Crippen LogP) is 27.3. The van der Waals surface area contributed by atoms with Gasteiger partial charge in [-0.3, -0.25) is 9.59 Å². The molecule has 0 aromatic heterocycles. The minimum Gasteiger partial charge on any atom is -0.466 e. The van der Waals surface area contributed by atoms with E-state index in [2.05, 4.69) is 67.8 Å². The van der Waals surface area contributed by atoms with Crippen molar-refractivity contribution in [2.24, 2.45) is 0 Å². The van der Waals surface area contributed by atoms with Crippen molar-refractivity contribution in [3.05, 3.63) is 60.8 Å². The highest BCUT2D eigenvalue weighted by Gasteiger charge is 2.18. The Balaban J connectivity index is 3.40.